The van der Waals surface area contributed by atoms with Crippen LogP contribution >= 0.6 is 0 Å². The van der Waals surface area contributed by atoms with Crippen molar-refractivity contribution in [3.8, 4) is 0 Å². The highest BCUT2D eigenvalue weighted by atomic mass is 16.3. The SMILES string of the molecule is CC=C(C=CC(=O)NCC(O)CN1CCc2ccccc2C1)CC. The van der Waals surface area contributed by atoms with Crippen LogP contribution in [0.4, 0.5) is 0 Å². The van der Waals surface area contributed by atoms with Gasteiger partial charge in [0.25, 0.3) is 0 Å². The van der Waals surface area contributed by atoms with E-state index in [0.717, 1.165) is 31.5 Å². The van der Waals surface area contributed by atoms with Gasteiger partial charge in [-0.1, -0.05) is 48.9 Å². The van der Waals surface area contributed by atoms with Crippen LogP contribution < -0.4 is 5.32 Å². The Morgan fingerprint density at radius 1 is 1.33 bits per heavy atom. The molecule has 2 N–H and O–H groups in total. The van der Waals surface area contributed by atoms with E-state index in [2.05, 4.69) is 41.4 Å². The largest absolute Gasteiger partial charge is 0.390 e. The van der Waals surface area contributed by atoms with Crippen LogP contribution in [-0.4, -0.2) is 41.7 Å². The molecule has 0 fully saturated rings. The molecule has 1 unspecified atom stereocenters. The van der Waals surface area contributed by atoms with Crippen LogP contribution in [0.2, 0.25) is 0 Å². The highest BCUT2D eigenvalue weighted by Gasteiger charge is 2.18. The lowest BCUT2D eigenvalue weighted by Gasteiger charge is -2.30. The van der Waals surface area contributed by atoms with Crippen LogP contribution in [0.25, 0.3) is 0 Å². The van der Waals surface area contributed by atoms with Gasteiger partial charge < -0.3 is 10.4 Å². The second kappa shape index (κ2) is 9.40. The molecule has 4 heteroatoms. The first kappa shape index (κ1) is 18.4. The Kier molecular flexibility index (Phi) is 7.22. The van der Waals surface area contributed by atoms with Gasteiger partial charge in [0.05, 0.1) is 6.10 Å². The minimum Gasteiger partial charge on any atom is -0.390 e. The van der Waals surface area contributed by atoms with Crippen molar-refractivity contribution in [1.82, 2.24) is 10.2 Å². The van der Waals surface area contributed by atoms with E-state index in [1.165, 1.54) is 17.2 Å². The van der Waals surface area contributed by atoms with E-state index in [9.17, 15) is 9.90 Å². The Labute approximate surface area is 144 Å². The van der Waals surface area contributed by atoms with Crippen molar-refractivity contribution in [2.75, 3.05) is 19.6 Å². The van der Waals surface area contributed by atoms with Gasteiger partial charge in [0.15, 0.2) is 0 Å². The third kappa shape index (κ3) is 5.62. The molecule has 1 amide bonds. The number of amides is 1. The zero-order valence-electron chi connectivity index (χ0n) is 14.7. The van der Waals surface area contributed by atoms with Crippen LogP contribution in [-0.2, 0) is 17.8 Å². The first-order valence-corrected chi connectivity index (χ1v) is 8.70. The van der Waals surface area contributed by atoms with E-state index in [4.69, 9.17) is 0 Å². The highest BCUT2D eigenvalue weighted by molar-refractivity contribution is 5.87. The van der Waals surface area contributed by atoms with E-state index in [-0.39, 0.29) is 12.5 Å². The minimum absolute atomic E-state index is 0.161. The first-order valence-electron chi connectivity index (χ1n) is 8.70. The molecule has 1 aromatic carbocycles. The fraction of sp³-hybridized carbons (Fsp3) is 0.450. The standard InChI is InChI=1S/C20H28N2O2/c1-3-16(4-2)9-10-20(24)21-13-19(23)15-22-12-11-17-7-5-6-8-18(17)14-22/h3,5-10,19,23H,4,11-15H2,1-2H3,(H,21,24). The monoisotopic (exact) mass is 328 g/mol. The summed E-state index contributed by atoms with van der Waals surface area (Å²) >= 11 is 0. The molecule has 0 aromatic heterocycles. The van der Waals surface area contributed by atoms with Gasteiger partial charge in [-0.25, -0.2) is 0 Å². The molecule has 0 spiro atoms. The maximum absolute atomic E-state index is 11.8. The summed E-state index contributed by atoms with van der Waals surface area (Å²) in [7, 11) is 0. The highest BCUT2D eigenvalue weighted by Crippen LogP contribution is 2.18. The Morgan fingerprint density at radius 3 is 2.79 bits per heavy atom. The van der Waals surface area contributed by atoms with Crippen LogP contribution in [0.3, 0.4) is 0 Å². The minimum atomic E-state index is -0.556. The van der Waals surface area contributed by atoms with Crippen molar-refractivity contribution in [3.63, 3.8) is 0 Å². The molecule has 1 aromatic rings. The molecule has 1 aliphatic heterocycles. The molecule has 0 radical (unpaired) electrons. The van der Waals surface area contributed by atoms with Crippen LogP contribution in [0, 0.1) is 0 Å². The number of benzene rings is 1. The number of β-amino-alcohol motifs (C(OH)–C–C–N with tert-alkyl or cyclic N) is 1. The lowest BCUT2D eigenvalue weighted by Crippen LogP contribution is -2.41. The summed E-state index contributed by atoms with van der Waals surface area (Å²) in [6.07, 6.45) is 6.71. The Hall–Kier alpha value is -1.91. The van der Waals surface area contributed by atoms with Crippen molar-refractivity contribution < 1.29 is 9.90 Å². The summed E-state index contributed by atoms with van der Waals surface area (Å²) in [5.74, 6) is -0.161. The number of nitrogens with zero attached hydrogens (tertiary/aromatic N) is 1. The van der Waals surface area contributed by atoms with Crippen molar-refractivity contribution >= 4 is 5.91 Å². The number of carbonyl (C=O) groups is 1. The fourth-order valence-electron chi connectivity index (χ4n) is 2.95. The number of nitrogens with one attached hydrogen (secondary N) is 1. The quantitative estimate of drug-likeness (QED) is 0.597. The number of fused-ring (bicyclic) bond motifs is 1. The van der Waals surface area contributed by atoms with Crippen LogP contribution in [0.1, 0.15) is 31.4 Å². The molecule has 1 heterocycles. The number of rotatable bonds is 7. The maximum atomic E-state index is 11.8. The average molecular weight is 328 g/mol. The molecule has 4 nitrogen and oxygen atoms in total. The summed E-state index contributed by atoms with van der Waals surface area (Å²) in [5.41, 5.74) is 3.86. The van der Waals surface area contributed by atoms with Gasteiger partial charge in [0.2, 0.25) is 5.91 Å². The Balaban J connectivity index is 1.74. The van der Waals surface area contributed by atoms with Gasteiger partial charge in [-0.2, -0.15) is 0 Å². The maximum Gasteiger partial charge on any atom is 0.244 e. The van der Waals surface area contributed by atoms with Crippen molar-refractivity contribution in [2.45, 2.75) is 39.3 Å². The summed E-state index contributed by atoms with van der Waals surface area (Å²) in [4.78, 5) is 14.0. The van der Waals surface area contributed by atoms with Gasteiger partial charge in [-0.05, 0) is 30.9 Å². The van der Waals surface area contributed by atoms with E-state index < -0.39 is 6.10 Å². The number of carbonyl (C=O) groups excluding carboxylic acids is 1. The van der Waals surface area contributed by atoms with Gasteiger partial charge >= 0.3 is 0 Å². The summed E-state index contributed by atoms with van der Waals surface area (Å²) in [6.45, 7) is 6.68. The summed E-state index contributed by atoms with van der Waals surface area (Å²) in [6, 6.07) is 8.45. The van der Waals surface area contributed by atoms with Crippen molar-refractivity contribution in [3.05, 3.63) is 59.2 Å². The normalized spacial score (nSPS) is 16.9. The average Bonchev–Trinajstić information content (AvgIpc) is 2.60. The fourth-order valence-corrected chi connectivity index (χ4v) is 2.95. The van der Waals surface area contributed by atoms with E-state index >= 15 is 0 Å². The van der Waals surface area contributed by atoms with Crippen LogP contribution in [0.5, 0.6) is 0 Å². The van der Waals surface area contributed by atoms with Crippen LogP contribution in [0.15, 0.2) is 48.1 Å². The summed E-state index contributed by atoms with van der Waals surface area (Å²) in [5, 5.41) is 12.9. The molecule has 2 rings (SSSR count). The van der Waals surface area contributed by atoms with Gasteiger partial charge in [0.1, 0.15) is 0 Å². The molecule has 0 aliphatic carbocycles. The van der Waals surface area contributed by atoms with E-state index in [1.807, 2.05) is 19.1 Å². The Bertz CT molecular complexity index is 607. The van der Waals surface area contributed by atoms with E-state index in [1.54, 1.807) is 0 Å². The zero-order valence-corrected chi connectivity index (χ0v) is 14.7. The molecule has 1 aliphatic rings. The van der Waals surface area contributed by atoms with Crippen molar-refractivity contribution in [1.29, 1.82) is 0 Å². The lowest BCUT2D eigenvalue weighted by atomic mass is 10.00. The van der Waals surface area contributed by atoms with Gasteiger partial charge in [-0.15, -0.1) is 0 Å². The molecular formula is C20H28N2O2. The number of allylic oxidation sites excluding steroid dienone is 3. The molecular weight excluding hydrogens is 300 g/mol. The first-order chi connectivity index (χ1) is 11.6. The lowest BCUT2D eigenvalue weighted by molar-refractivity contribution is -0.117. The zero-order chi connectivity index (χ0) is 17.4. The molecule has 130 valence electrons. The second-order valence-electron chi connectivity index (χ2n) is 6.20. The topological polar surface area (TPSA) is 52.6 Å². The number of hydrogen-bond acceptors (Lipinski definition) is 3. The van der Waals surface area contributed by atoms with E-state index in [0.29, 0.717) is 6.54 Å². The third-order valence-electron chi connectivity index (χ3n) is 4.42. The summed E-state index contributed by atoms with van der Waals surface area (Å²) < 4.78 is 0. The smallest absolute Gasteiger partial charge is 0.244 e. The Morgan fingerprint density at radius 2 is 2.08 bits per heavy atom. The molecule has 24 heavy (non-hydrogen) atoms. The predicted octanol–water partition coefficient (Wildman–Crippen LogP) is 2.43. The molecule has 0 bridgehead atoms. The molecule has 0 saturated heterocycles. The van der Waals surface area contributed by atoms with Gasteiger partial charge in [-0.3, -0.25) is 9.69 Å². The number of aliphatic hydroxyl groups is 1. The van der Waals surface area contributed by atoms with Crippen molar-refractivity contribution in [2.24, 2.45) is 0 Å². The molecule has 0 saturated carbocycles. The second-order valence-corrected chi connectivity index (χ2v) is 6.20. The molecule has 1 atom stereocenters. The predicted molar refractivity (Wildman–Crippen MR) is 97.6 cm³/mol. The third-order valence-corrected chi connectivity index (χ3v) is 4.42. The van der Waals surface area contributed by atoms with Gasteiger partial charge in [0, 0.05) is 32.3 Å². The number of aliphatic hydroxyl groups excluding tert-OH is 1. The number of hydrogen-bond donors (Lipinski definition) is 2.